The highest BCUT2D eigenvalue weighted by Gasteiger charge is 2.38. The number of hydrogen-bond acceptors (Lipinski definition) is 2. The van der Waals surface area contributed by atoms with E-state index in [1.807, 2.05) is 13.8 Å². The number of likely N-dealkylation sites (tertiary alicyclic amines) is 1. The molecule has 1 aliphatic rings. The van der Waals surface area contributed by atoms with E-state index in [0.29, 0.717) is 12.8 Å². The summed E-state index contributed by atoms with van der Waals surface area (Å²) in [7, 11) is 1.70. The number of carbonyl (C=O) groups is 2. The number of piperidine rings is 1. The molecule has 2 unspecified atom stereocenters. The lowest BCUT2D eigenvalue weighted by Gasteiger charge is -2.38. The predicted molar refractivity (Wildman–Crippen MR) is 77.9 cm³/mol. The second-order valence-corrected chi connectivity index (χ2v) is 5.81. The molecule has 0 spiro atoms. The number of hydrogen-bond donors (Lipinski definition) is 1. The number of benzene rings is 1. The van der Waals surface area contributed by atoms with Crippen molar-refractivity contribution < 1.29 is 14.0 Å². The molecule has 1 aromatic rings. The molecule has 2 rings (SSSR count). The van der Waals surface area contributed by atoms with Crippen molar-refractivity contribution in [2.24, 2.45) is 5.92 Å². The Balaban J connectivity index is 2.31. The van der Waals surface area contributed by atoms with Crippen molar-refractivity contribution in [3.8, 4) is 0 Å². The van der Waals surface area contributed by atoms with Crippen LogP contribution in [0.15, 0.2) is 24.3 Å². The quantitative estimate of drug-likeness (QED) is 0.929. The highest BCUT2D eigenvalue weighted by molar-refractivity contribution is 5.85. The molecule has 1 aromatic carbocycles. The van der Waals surface area contributed by atoms with Gasteiger partial charge in [0.25, 0.3) is 0 Å². The average molecular weight is 292 g/mol. The fraction of sp³-hybridized carbons (Fsp3) is 0.500. The molecule has 1 saturated heterocycles. The van der Waals surface area contributed by atoms with Gasteiger partial charge in [-0.1, -0.05) is 12.1 Å². The van der Waals surface area contributed by atoms with Crippen LogP contribution in [0.25, 0.3) is 0 Å². The van der Waals surface area contributed by atoms with Crippen molar-refractivity contribution in [1.29, 1.82) is 0 Å². The molecule has 4 nitrogen and oxygen atoms in total. The Morgan fingerprint density at radius 1 is 1.33 bits per heavy atom. The lowest BCUT2D eigenvalue weighted by atomic mass is 9.84. The van der Waals surface area contributed by atoms with Gasteiger partial charge in [-0.2, -0.15) is 0 Å². The summed E-state index contributed by atoms with van der Waals surface area (Å²) in [5.41, 5.74) is 0.788. The molecule has 0 aromatic heterocycles. The Labute approximate surface area is 124 Å². The molecule has 2 amide bonds. The lowest BCUT2D eigenvalue weighted by Crippen LogP contribution is -2.47. The smallest absolute Gasteiger partial charge is 0.225 e. The first kappa shape index (κ1) is 15.5. The minimum absolute atomic E-state index is 0.0120. The number of carbonyl (C=O) groups excluding carboxylic acids is 2. The van der Waals surface area contributed by atoms with Crippen LogP contribution in [-0.2, 0) is 9.59 Å². The summed E-state index contributed by atoms with van der Waals surface area (Å²) < 4.78 is 13.1. The maximum Gasteiger partial charge on any atom is 0.225 e. The van der Waals surface area contributed by atoms with Gasteiger partial charge in [0.1, 0.15) is 5.82 Å². The van der Waals surface area contributed by atoms with Crippen molar-refractivity contribution in [1.82, 2.24) is 10.2 Å². The predicted octanol–water partition coefficient (Wildman–Crippen LogP) is 2.26. The lowest BCUT2D eigenvalue weighted by molar-refractivity contribution is -0.141. The molecule has 0 bridgehead atoms. The second kappa shape index (κ2) is 6.24. The number of halogens is 1. The number of rotatable bonds is 3. The standard InChI is InChI=1S/C16H21FN2O2/c1-10(2)18-16(21)13-8-9-14(20)19(3)15(13)11-4-6-12(17)7-5-11/h4-7,10,13,15H,8-9H2,1-3H3,(H,18,21). The molecule has 0 radical (unpaired) electrons. The van der Waals surface area contributed by atoms with Gasteiger partial charge < -0.3 is 10.2 Å². The SMILES string of the molecule is CC(C)NC(=O)C1CCC(=O)N(C)C1c1ccc(F)cc1. The third-order valence-corrected chi connectivity index (χ3v) is 3.84. The van der Waals surface area contributed by atoms with Crippen molar-refractivity contribution in [2.45, 2.75) is 38.8 Å². The summed E-state index contributed by atoms with van der Waals surface area (Å²) in [5, 5.41) is 2.91. The van der Waals surface area contributed by atoms with E-state index in [2.05, 4.69) is 5.32 Å². The third-order valence-electron chi connectivity index (χ3n) is 3.84. The van der Waals surface area contributed by atoms with Crippen LogP contribution in [0.1, 0.15) is 38.3 Å². The fourth-order valence-electron chi connectivity index (χ4n) is 2.82. The molecular formula is C16H21FN2O2. The first-order chi connectivity index (χ1) is 9.90. The zero-order valence-electron chi connectivity index (χ0n) is 12.6. The number of amides is 2. The molecule has 21 heavy (non-hydrogen) atoms. The van der Waals surface area contributed by atoms with Gasteiger partial charge in [-0.05, 0) is 38.0 Å². The number of nitrogens with zero attached hydrogens (tertiary/aromatic N) is 1. The molecule has 0 saturated carbocycles. The highest BCUT2D eigenvalue weighted by Crippen LogP contribution is 2.35. The van der Waals surface area contributed by atoms with Crippen LogP contribution < -0.4 is 5.32 Å². The van der Waals surface area contributed by atoms with Crippen LogP contribution in [0.5, 0.6) is 0 Å². The Kier molecular flexibility index (Phi) is 4.60. The molecule has 2 atom stereocenters. The monoisotopic (exact) mass is 292 g/mol. The minimum Gasteiger partial charge on any atom is -0.354 e. The summed E-state index contributed by atoms with van der Waals surface area (Å²) >= 11 is 0. The summed E-state index contributed by atoms with van der Waals surface area (Å²) in [6.45, 7) is 3.81. The first-order valence-electron chi connectivity index (χ1n) is 7.21. The normalized spacial score (nSPS) is 22.5. The van der Waals surface area contributed by atoms with Crippen molar-refractivity contribution >= 4 is 11.8 Å². The van der Waals surface area contributed by atoms with E-state index in [4.69, 9.17) is 0 Å². The van der Waals surface area contributed by atoms with Crippen LogP contribution in [0.4, 0.5) is 4.39 Å². The van der Waals surface area contributed by atoms with Gasteiger partial charge in [-0.15, -0.1) is 0 Å². The van der Waals surface area contributed by atoms with E-state index < -0.39 is 0 Å². The topological polar surface area (TPSA) is 49.4 Å². The fourth-order valence-corrected chi connectivity index (χ4v) is 2.82. The second-order valence-electron chi connectivity index (χ2n) is 5.81. The largest absolute Gasteiger partial charge is 0.354 e. The Morgan fingerprint density at radius 2 is 1.95 bits per heavy atom. The van der Waals surface area contributed by atoms with E-state index in [1.165, 1.54) is 12.1 Å². The molecule has 1 fully saturated rings. The molecule has 5 heteroatoms. The highest BCUT2D eigenvalue weighted by atomic mass is 19.1. The van der Waals surface area contributed by atoms with Crippen LogP contribution in [0, 0.1) is 11.7 Å². The maximum atomic E-state index is 13.1. The van der Waals surface area contributed by atoms with Gasteiger partial charge in [-0.3, -0.25) is 9.59 Å². The van der Waals surface area contributed by atoms with Gasteiger partial charge in [0.2, 0.25) is 11.8 Å². The van der Waals surface area contributed by atoms with Crippen LogP contribution in [0.3, 0.4) is 0 Å². The van der Waals surface area contributed by atoms with Gasteiger partial charge in [0.15, 0.2) is 0 Å². The summed E-state index contributed by atoms with van der Waals surface area (Å²) in [5.74, 6) is -0.677. The molecule has 1 heterocycles. The van der Waals surface area contributed by atoms with Crippen molar-refractivity contribution in [2.75, 3.05) is 7.05 Å². The Bertz CT molecular complexity index is 528. The summed E-state index contributed by atoms with van der Waals surface area (Å²) in [6, 6.07) is 5.72. The van der Waals surface area contributed by atoms with Gasteiger partial charge >= 0.3 is 0 Å². The molecule has 1 aliphatic heterocycles. The van der Waals surface area contributed by atoms with E-state index in [9.17, 15) is 14.0 Å². The van der Waals surface area contributed by atoms with E-state index in [-0.39, 0.29) is 35.6 Å². The molecule has 114 valence electrons. The maximum absolute atomic E-state index is 13.1. The molecular weight excluding hydrogens is 271 g/mol. The molecule has 0 aliphatic carbocycles. The van der Waals surface area contributed by atoms with Gasteiger partial charge in [-0.25, -0.2) is 4.39 Å². The Morgan fingerprint density at radius 3 is 2.52 bits per heavy atom. The summed E-state index contributed by atoms with van der Waals surface area (Å²) in [4.78, 5) is 25.9. The first-order valence-corrected chi connectivity index (χ1v) is 7.21. The van der Waals surface area contributed by atoms with E-state index >= 15 is 0 Å². The molecule has 1 N–H and O–H groups in total. The zero-order valence-corrected chi connectivity index (χ0v) is 12.6. The van der Waals surface area contributed by atoms with Crippen LogP contribution in [0.2, 0.25) is 0 Å². The summed E-state index contributed by atoms with van der Waals surface area (Å²) in [6.07, 6.45) is 0.883. The van der Waals surface area contributed by atoms with Gasteiger partial charge in [0.05, 0.1) is 12.0 Å². The third kappa shape index (κ3) is 3.40. The zero-order chi connectivity index (χ0) is 15.6. The number of nitrogens with one attached hydrogen (secondary N) is 1. The van der Waals surface area contributed by atoms with Crippen LogP contribution in [-0.4, -0.2) is 29.8 Å². The Hall–Kier alpha value is -1.91. The van der Waals surface area contributed by atoms with Crippen LogP contribution >= 0.6 is 0 Å². The van der Waals surface area contributed by atoms with Crippen molar-refractivity contribution in [3.05, 3.63) is 35.6 Å². The van der Waals surface area contributed by atoms with Crippen molar-refractivity contribution in [3.63, 3.8) is 0 Å². The van der Waals surface area contributed by atoms with E-state index in [1.54, 1.807) is 24.1 Å². The van der Waals surface area contributed by atoms with Gasteiger partial charge in [0, 0.05) is 19.5 Å². The average Bonchev–Trinajstić information content (AvgIpc) is 2.42. The van der Waals surface area contributed by atoms with E-state index in [0.717, 1.165) is 5.56 Å². The minimum atomic E-state index is -0.342.